The molecule has 7 atom stereocenters. The lowest BCUT2D eigenvalue weighted by molar-refractivity contribution is -0.144. The molecule has 3 aliphatic carbocycles. The summed E-state index contributed by atoms with van der Waals surface area (Å²) < 4.78 is 13.2. The standard InChI is InChI=1S/C29H43FN2O3/c1-18(27(34)31-17-20-9-11-22(30)12-10-20)23-13-15-29(3)16-14-24(19(2)25(29)26(23)33)32-28(35)21-7-5-4-6-8-21/h9-12,18-19,21,23-26,33H,4-8,13-17H2,1-3H3,(H,31,34)(H,32,35). The van der Waals surface area contributed by atoms with Crippen LogP contribution in [0.3, 0.4) is 0 Å². The van der Waals surface area contributed by atoms with Crippen LogP contribution < -0.4 is 10.6 Å². The topological polar surface area (TPSA) is 78.4 Å². The van der Waals surface area contributed by atoms with E-state index >= 15 is 0 Å². The zero-order valence-electron chi connectivity index (χ0n) is 21.6. The van der Waals surface area contributed by atoms with Gasteiger partial charge in [0.1, 0.15) is 5.82 Å². The van der Waals surface area contributed by atoms with E-state index in [4.69, 9.17) is 0 Å². The third kappa shape index (κ3) is 5.73. The van der Waals surface area contributed by atoms with Crippen LogP contribution in [-0.2, 0) is 16.1 Å². The summed E-state index contributed by atoms with van der Waals surface area (Å²) in [5.74, 6) is -0.258. The fourth-order valence-corrected chi connectivity index (χ4v) is 7.31. The summed E-state index contributed by atoms with van der Waals surface area (Å²) in [6.45, 7) is 6.72. The lowest BCUT2D eigenvalue weighted by Crippen LogP contribution is -2.59. The summed E-state index contributed by atoms with van der Waals surface area (Å²) in [4.78, 5) is 25.9. The van der Waals surface area contributed by atoms with Crippen LogP contribution in [0.1, 0.15) is 84.1 Å². The van der Waals surface area contributed by atoms with Gasteiger partial charge in [-0.2, -0.15) is 0 Å². The molecule has 0 spiro atoms. The first kappa shape index (κ1) is 26.1. The molecule has 2 amide bonds. The van der Waals surface area contributed by atoms with Gasteiger partial charge in [0.15, 0.2) is 0 Å². The second-order valence-corrected chi connectivity index (χ2v) is 11.9. The monoisotopic (exact) mass is 486 g/mol. The molecular formula is C29H43FN2O3. The van der Waals surface area contributed by atoms with Gasteiger partial charge in [-0.1, -0.05) is 52.2 Å². The van der Waals surface area contributed by atoms with Gasteiger partial charge in [-0.3, -0.25) is 9.59 Å². The Morgan fingerprint density at radius 3 is 2.43 bits per heavy atom. The molecule has 3 aliphatic rings. The van der Waals surface area contributed by atoms with Crippen LogP contribution >= 0.6 is 0 Å². The molecule has 4 rings (SSSR count). The number of hydrogen-bond donors (Lipinski definition) is 3. The fourth-order valence-electron chi connectivity index (χ4n) is 7.31. The molecule has 194 valence electrons. The Morgan fingerprint density at radius 1 is 1.09 bits per heavy atom. The van der Waals surface area contributed by atoms with Crippen LogP contribution in [0, 0.1) is 40.8 Å². The number of nitrogens with one attached hydrogen (secondary N) is 2. The number of halogens is 1. The van der Waals surface area contributed by atoms with Gasteiger partial charge in [0.05, 0.1) is 6.10 Å². The highest BCUT2D eigenvalue weighted by Crippen LogP contribution is 2.55. The molecule has 0 bridgehead atoms. The summed E-state index contributed by atoms with van der Waals surface area (Å²) in [5, 5.41) is 17.9. The first-order valence-corrected chi connectivity index (χ1v) is 13.7. The summed E-state index contributed by atoms with van der Waals surface area (Å²) in [6.07, 6.45) is 8.67. The van der Waals surface area contributed by atoms with Crippen molar-refractivity contribution in [2.45, 2.75) is 97.2 Å². The maximum atomic E-state index is 13.2. The van der Waals surface area contributed by atoms with Gasteiger partial charge in [-0.15, -0.1) is 0 Å². The van der Waals surface area contributed by atoms with Crippen LogP contribution in [-0.4, -0.2) is 29.1 Å². The van der Waals surface area contributed by atoms with Crippen molar-refractivity contribution in [3.05, 3.63) is 35.6 Å². The van der Waals surface area contributed by atoms with Crippen LogP contribution in [0.4, 0.5) is 4.39 Å². The van der Waals surface area contributed by atoms with E-state index in [0.717, 1.165) is 56.9 Å². The molecule has 1 aromatic rings. The molecular weight excluding hydrogens is 443 g/mol. The molecule has 1 aromatic carbocycles. The average molecular weight is 487 g/mol. The molecule has 7 unspecified atom stereocenters. The Hall–Kier alpha value is -1.95. The zero-order valence-corrected chi connectivity index (χ0v) is 21.6. The van der Waals surface area contributed by atoms with Gasteiger partial charge >= 0.3 is 0 Å². The molecule has 0 heterocycles. The molecule has 0 aromatic heterocycles. The number of aliphatic hydroxyl groups is 1. The van der Waals surface area contributed by atoms with Gasteiger partial charge < -0.3 is 15.7 Å². The van der Waals surface area contributed by atoms with E-state index in [1.165, 1.54) is 18.6 Å². The van der Waals surface area contributed by atoms with Crippen molar-refractivity contribution in [3.8, 4) is 0 Å². The van der Waals surface area contributed by atoms with E-state index in [0.29, 0.717) is 6.54 Å². The molecule has 0 radical (unpaired) electrons. The Morgan fingerprint density at radius 2 is 1.74 bits per heavy atom. The lowest BCUT2D eigenvalue weighted by atomic mass is 9.51. The molecule has 0 aliphatic heterocycles. The predicted molar refractivity (Wildman–Crippen MR) is 135 cm³/mol. The number of rotatable bonds is 6. The first-order valence-electron chi connectivity index (χ1n) is 13.7. The molecule has 35 heavy (non-hydrogen) atoms. The minimum Gasteiger partial charge on any atom is -0.392 e. The SMILES string of the molecule is CC(C(=O)NCc1ccc(F)cc1)C1CCC2(C)CCC(NC(=O)C3CCCCC3)C(C)C2C1O. The third-order valence-corrected chi connectivity index (χ3v) is 9.63. The summed E-state index contributed by atoms with van der Waals surface area (Å²) in [6, 6.07) is 6.22. The van der Waals surface area contributed by atoms with Gasteiger partial charge in [0.25, 0.3) is 0 Å². The fraction of sp³-hybridized carbons (Fsp3) is 0.724. The van der Waals surface area contributed by atoms with E-state index in [9.17, 15) is 19.1 Å². The first-order chi connectivity index (χ1) is 16.7. The molecule has 3 fully saturated rings. The van der Waals surface area contributed by atoms with E-state index in [-0.39, 0.29) is 58.7 Å². The lowest BCUT2D eigenvalue weighted by Gasteiger charge is -2.56. The molecule has 5 nitrogen and oxygen atoms in total. The summed E-state index contributed by atoms with van der Waals surface area (Å²) >= 11 is 0. The zero-order chi connectivity index (χ0) is 25.2. The van der Waals surface area contributed by atoms with Gasteiger partial charge in [0.2, 0.25) is 11.8 Å². The Kier molecular flexibility index (Phi) is 8.19. The molecule has 3 saturated carbocycles. The molecule has 3 N–H and O–H groups in total. The highest BCUT2D eigenvalue weighted by Gasteiger charge is 2.54. The minimum absolute atomic E-state index is 0.0334. The normalized spacial score (nSPS) is 34.5. The van der Waals surface area contributed by atoms with Crippen molar-refractivity contribution in [1.82, 2.24) is 10.6 Å². The molecule has 6 heteroatoms. The maximum absolute atomic E-state index is 13.2. The van der Waals surface area contributed by atoms with Crippen LogP contribution in [0.5, 0.6) is 0 Å². The van der Waals surface area contributed by atoms with Crippen molar-refractivity contribution >= 4 is 11.8 Å². The predicted octanol–water partition coefficient (Wildman–Crippen LogP) is 4.97. The van der Waals surface area contributed by atoms with Crippen molar-refractivity contribution in [3.63, 3.8) is 0 Å². The summed E-state index contributed by atoms with van der Waals surface area (Å²) in [5.41, 5.74) is 0.882. The smallest absolute Gasteiger partial charge is 0.223 e. The number of benzene rings is 1. The third-order valence-electron chi connectivity index (χ3n) is 9.63. The number of hydrogen-bond acceptors (Lipinski definition) is 3. The second-order valence-electron chi connectivity index (χ2n) is 11.9. The Balaban J connectivity index is 1.38. The minimum atomic E-state index is -0.579. The second kappa shape index (κ2) is 11.0. The van der Waals surface area contributed by atoms with Gasteiger partial charge in [0, 0.05) is 24.4 Å². The van der Waals surface area contributed by atoms with Gasteiger partial charge in [-0.05, 0) is 79.4 Å². The Labute approximate surface area is 209 Å². The number of carbonyl (C=O) groups is 2. The van der Waals surface area contributed by atoms with Crippen molar-refractivity contribution < 1.29 is 19.1 Å². The van der Waals surface area contributed by atoms with E-state index in [1.54, 1.807) is 12.1 Å². The Bertz CT molecular complexity index is 884. The van der Waals surface area contributed by atoms with E-state index < -0.39 is 6.10 Å². The highest BCUT2D eigenvalue weighted by molar-refractivity contribution is 5.79. The van der Waals surface area contributed by atoms with Crippen molar-refractivity contribution in [2.75, 3.05) is 0 Å². The number of amides is 2. The van der Waals surface area contributed by atoms with Gasteiger partial charge in [-0.25, -0.2) is 4.39 Å². The van der Waals surface area contributed by atoms with E-state index in [1.807, 2.05) is 6.92 Å². The van der Waals surface area contributed by atoms with Crippen molar-refractivity contribution in [1.29, 1.82) is 0 Å². The quantitative estimate of drug-likeness (QED) is 0.531. The average Bonchev–Trinajstić information content (AvgIpc) is 2.85. The highest BCUT2D eigenvalue weighted by atomic mass is 19.1. The number of aliphatic hydroxyl groups excluding tert-OH is 1. The largest absolute Gasteiger partial charge is 0.392 e. The summed E-state index contributed by atoms with van der Waals surface area (Å²) in [7, 11) is 0. The maximum Gasteiger partial charge on any atom is 0.223 e. The van der Waals surface area contributed by atoms with Crippen LogP contribution in [0.2, 0.25) is 0 Å². The van der Waals surface area contributed by atoms with E-state index in [2.05, 4.69) is 24.5 Å². The van der Waals surface area contributed by atoms with Crippen molar-refractivity contribution in [2.24, 2.45) is 35.0 Å². The van der Waals surface area contributed by atoms with Crippen LogP contribution in [0.25, 0.3) is 0 Å². The molecule has 0 saturated heterocycles. The number of carbonyl (C=O) groups excluding carboxylic acids is 2. The van der Waals surface area contributed by atoms with Crippen LogP contribution in [0.15, 0.2) is 24.3 Å². The number of fused-ring (bicyclic) bond motifs is 1.